The molecule has 0 spiro atoms. The van der Waals surface area contributed by atoms with Crippen molar-refractivity contribution in [1.29, 1.82) is 0 Å². The molecule has 0 saturated carbocycles. The molecule has 0 saturated heterocycles. The first-order valence-corrected chi connectivity index (χ1v) is 8.53. The zero-order chi connectivity index (χ0) is 17.2. The fraction of sp³-hybridized carbons (Fsp3) is 0.176. The molecular formula is C17H16N4O3S. The Labute approximate surface area is 147 Å². The lowest BCUT2D eigenvalue weighted by molar-refractivity contribution is 0.174. The lowest BCUT2D eigenvalue weighted by atomic mass is 10.2. The van der Waals surface area contributed by atoms with Gasteiger partial charge >= 0.3 is 6.03 Å². The number of ether oxygens (including phenoxy) is 2. The predicted octanol–water partition coefficient (Wildman–Crippen LogP) is 2.28. The van der Waals surface area contributed by atoms with Gasteiger partial charge in [0.25, 0.3) is 0 Å². The van der Waals surface area contributed by atoms with Crippen LogP contribution >= 0.6 is 11.3 Å². The zero-order valence-corrected chi connectivity index (χ0v) is 14.3. The average Bonchev–Trinajstić information content (AvgIpc) is 3.22. The number of urea groups is 1. The van der Waals surface area contributed by atoms with Crippen molar-refractivity contribution in [2.45, 2.75) is 6.54 Å². The van der Waals surface area contributed by atoms with Crippen molar-refractivity contribution in [3.8, 4) is 11.5 Å². The molecule has 3 aromatic rings. The number of aromatic nitrogens is 1. The Morgan fingerprint density at radius 3 is 2.96 bits per heavy atom. The summed E-state index contributed by atoms with van der Waals surface area (Å²) in [6.45, 7) is 0.605. The fourth-order valence-electron chi connectivity index (χ4n) is 2.56. The number of hydrogen-bond donors (Lipinski definition) is 2. The van der Waals surface area contributed by atoms with Gasteiger partial charge in [0.15, 0.2) is 11.5 Å². The summed E-state index contributed by atoms with van der Waals surface area (Å²) in [4.78, 5) is 12.7. The molecule has 2 heterocycles. The molecule has 1 aliphatic heterocycles. The second-order valence-corrected chi connectivity index (χ2v) is 6.51. The first-order valence-electron chi connectivity index (χ1n) is 7.71. The smallest absolute Gasteiger partial charge is 0.335 e. The van der Waals surface area contributed by atoms with Gasteiger partial charge in [-0.3, -0.25) is 0 Å². The number of carbonyl (C=O) groups excluding carboxylic acids is 1. The average molecular weight is 356 g/mol. The summed E-state index contributed by atoms with van der Waals surface area (Å²) in [5.41, 5.74) is 4.53. The Hall–Kier alpha value is -3.00. The Morgan fingerprint density at radius 2 is 2.08 bits per heavy atom. The van der Waals surface area contributed by atoms with Crippen LogP contribution in [0.15, 0.2) is 47.6 Å². The molecule has 8 heteroatoms. The van der Waals surface area contributed by atoms with E-state index in [2.05, 4.69) is 15.8 Å². The summed E-state index contributed by atoms with van der Waals surface area (Å²) >= 11 is 1.52. The number of rotatable bonds is 3. The number of thiazole rings is 1. The summed E-state index contributed by atoms with van der Waals surface area (Å²) in [5, 5.41) is 6.96. The van der Waals surface area contributed by atoms with E-state index in [1.54, 1.807) is 0 Å². The van der Waals surface area contributed by atoms with Crippen molar-refractivity contribution in [2.24, 2.45) is 12.1 Å². The highest BCUT2D eigenvalue weighted by Gasteiger charge is 2.13. The molecule has 0 unspecified atom stereocenters. The van der Waals surface area contributed by atoms with Crippen LogP contribution in [0.4, 0.5) is 4.79 Å². The summed E-state index contributed by atoms with van der Waals surface area (Å²) < 4.78 is 13.6. The number of para-hydroxylation sites is 1. The first-order chi connectivity index (χ1) is 12.2. The van der Waals surface area contributed by atoms with Gasteiger partial charge in [0.1, 0.15) is 0 Å². The summed E-state index contributed by atoms with van der Waals surface area (Å²) in [5.74, 6) is 1.42. The highest BCUT2D eigenvalue weighted by molar-refractivity contribution is 7.16. The first kappa shape index (κ1) is 15.5. The van der Waals surface area contributed by atoms with E-state index in [1.165, 1.54) is 11.3 Å². The van der Waals surface area contributed by atoms with E-state index in [0.29, 0.717) is 12.3 Å². The molecule has 7 nitrogen and oxygen atoms in total. The molecule has 0 atom stereocenters. The molecule has 1 aromatic heterocycles. The topological polar surface area (TPSA) is 76.9 Å². The van der Waals surface area contributed by atoms with E-state index in [-0.39, 0.29) is 12.8 Å². The van der Waals surface area contributed by atoms with Crippen molar-refractivity contribution in [1.82, 2.24) is 15.3 Å². The molecule has 1 aliphatic rings. The predicted molar refractivity (Wildman–Crippen MR) is 94.3 cm³/mol. The second-order valence-electron chi connectivity index (χ2n) is 5.51. The van der Waals surface area contributed by atoms with E-state index < -0.39 is 0 Å². The van der Waals surface area contributed by atoms with Gasteiger partial charge in [0, 0.05) is 13.6 Å². The SMILES string of the molecule is Cn1c(=NNC(=O)NCc2ccc3c(c2)OCO3)sc2ccccc21. The number of carbonyl (C=O) groups is 1. The van der Waals surface area contributed by atoms with Gasteiger partial charge in [0.05, 0.1) is 10.2 Å². The Bertz CT molecular complexity index is 1010. The molecule has 0 aliphatic carbocycles. The standard InChI is InChI=1S/C17H16N4O3S/c1-21-12-4-2-3-5-15(12)25-17(21)20-19-16(22)18-9-11-6-7-13-14(8-11)24-10-23-13/h2-8H,9-10H2,1H3,(H2,18,19,22). The maximum absolute atomic E-state index is 12.0. The zero-order valence-electron chi connectivity index (χ0n) is 13.5. The van der Waals surface area contributed by atoms with Crippen LogP contribution < -0.4 is 25.0 Å². The molecule has 0 radical (unpaired) electrons. The Morgan fingerprint density at radius 1 is 1.24 bits per heavy atom. The fourth-order valence-corrected chi connectivity index (χ4v) is 3.54. The molecule has 4 rings (SSSR count). The van der Waals surface area contributed by atoms with E-state index >= 15 is 0 Å². The second kappa shape index (κ2) is 6.48. The molecule has 2 aromatic carbocycles. The van der Waals surface area contributed by atoms with Gasteiger partial charge in [-0.25, -0.2) is 10.2 Å². The van der Waals surface area contributed by atoms with Gasteiger partial charge < -0.3 is 19.4 Å². The summed E-state index contributed by atoms with van der Waals surface area (Å²) in [6, 6.07) is 13.2. The third kappa shape index (κ3) is 3.16. The number of fused-ring (bicyclic) bond motifs is 2. The maximum atomic E-state index is 12.0. The van der Waals surface area contributed by atoms with Gasteiger partial charge in [-0.15, -0.1) is 5.10 Å². The van der Waals surface area contributed by atoms with E-state index in [4.69, 9.17) is 9.47 Å². The van der Waals surface area contributed by atoms with Gasteiger partial charge in [0.2, 0.25) is 11.6 Å². The van der Waals surface area contributed by atoms with Crippen LogP contribution in [0.2, 0.25) is 0 Å². The molecule has 2 amide bonds. The van der Waals surface area contributed by atoms with Gasteiger partial charge in [-0.2, -0.15) is 0 Å². The highest BCUT2D eigenvalue weighted by Crippen LogP contribution is 2.32. The van der Waals surface area contributed by atoms with E-state index in [0.717, 1.165) is 26.3 Å². The number of aryl methyl sites for hydroxylation is 1. The number of benzene rings is 2. The minimum absolute atomic E-state index is 0.234. The van der Waals surface area contributed by atoms with Crippen LogP contribution in [0.25, 0.3) is 10.2 Å². The Balaban J connectivity index is 1.41. The molecular weight excluding hydrogens is 340 g/mol. The third-order valence-corrected chi connectivity index (χ3v) is 4.97. The molecule has 25 heavy (non-hydrogen) atoms. The summed E-state index contributed by atoms with van der Waals surface area (Å²) in [7, 11) is 1.92. The summed E-state index contributed by atoms with van der Waals surface area (Å²) in [6.07, 6.45) is 0. The lowest BCUT2D eigenvalue weighted by Gasteiger charge is -2.05. The molecule has 0 bridgehead atoms. The van der Waals surface area contributed by atoms with Crippen molar-refractivity contribution in [3.63, 3.8) is 0 Å². The lowest BCUT2D eigenvalue weighted by Crippen LogP contribution is -2.33. The van der Waals surface area contributed by atoms with Crippen molar-refractivity contribution < 1.29 is 14.3 Å². The van der Waals surface area contributed by atoms with Crippen molar-refractivity contribution in [3.05, 3.63) is 52.8 Å². The largest absolute Gasteiger partial charge is 0.454 e. The van der Waals surface area contributed by atoms with Crippen LogP contribution in [-0.4, -0.2) is 17.4 Å². The molecule has 2 N–H and O–H groups in total. The van der Waals surface area contributed by atoms with Crippen LogP contribution in [0.5, 0.6) is 11.5 Å². The van der Waals surface area contributed by atoms with E-state index in [1.807, 2.05) is 54.1 Å². The number of hydrogen-bond acceptors (Lipinski definition) is 5. The minimum atomic E-state index is -0.366. The monoisotopic (exact) mass is 356 g/mol. The van der Waals surface area contributed by atoms with Crippen LogP contribution in [0, 0.1) is 0 Å². The van der Waals surface area contributed by atoms with Gasteiger partial charge in [-0.05, 0) is 29.8 Å². The molecule has 128 valence electrons. The van der Waals surface area contributed by atoms with Crippen LogP contribution in [-0.2, 0) is 13.6 Å². The maximum Gasteiger partial charge on any atom is 0.335 e. The third-order valence-electron chi connectivity index (χ3n) is 3.86. The molecule has 0 fully saturated rings. The van der Waals surface area contributed by atoms with Crippen molar-refractivity contribution in [2.75, 3.05) is 6.79 Å². The van der Waals surface area contributed by atoms with Crippen LogP contribution in [0.3, 0.4) is 0 Å². The van der Waals surface area contributed by atoms with E-state index in [9.17, 15) is 4.79 Å². The number of amides is 2. The highest BCUT2D eigenvalue weighted by atomic mass is 32.1. The van der Waals surface area contributed by atoms with Gasteiger partial charge in [-0.1, -0.05) is 29.5 Å². The Kier molecular flexibility index (Phi) is 4.02. The normalized spacial score (nSPS) is 13.2. The number of nitrogens with zero attached hydrogens (tertiary/aromatic N) is 2. The quantitative estimate of drug-likeness (QED) is 0.707. The van der Waals surface area contributed by atoms with Crippen LogP contribution in [0.1, 0.15) is 5.56 Å². The van der Waals surface area contributed by atoms with Crippen molar-refractivity contribution >= 4 is 27.6 Å². The number of nitrogens with one attached hydrogen (secondary N) is 2. The minimum Gasteiger partial charge on any atom is -0.454 e.